The number of amides is 5. The summed E-state index contributed by atoms with van der Waals surface area (Å²) in [4.78, 5) is 80.7. The Morgan fingerprint density at radius 1 is 0.708 bits per heavy atom. The lowest BCUT2D eigenvalue weighted by Gasteiger charge is -2.30. The summed E-state index contributed by atoms with van der Waals surface area (Å²) in [7, 11) is 0. The van der Waals surface area contributed by atoms with E-state index in [0.29, 0.717) is 38.9 Å². The van der Waals surface area contributed by atoms with Gasteiger partial charge < -0.3 is 41.7 Å². The molecule has 0 saturated carbocycles. The molecule has 0 unspecified atom stereocenters. The highest BCUT2D eigenvalue weighted by molar-refractivity contribution is 5.88. The number of hydrogen-bond acceptors (Lipinski definition) is 8. The fraction of sp³-hybridized carbons (Fsp3) is 0.788. The average Bonchev–Trinajstić information content (AvgIpc) is 3.00. The summed E-state index contributed by atoms with van der Waals surface area (Å²) in [6, 6.07) is -0.510. The molecule has 15 nitrogen and oxygen atoms in total. The molecular formula is C33H63N9O6. The lowest BCUT2D eigenvalue weighted by molar-refractivity contribution is -0.137. The average molecular weight is 682 g/mol. The number of carbonyl (C=O) groups is 6. The van der Waals surface area contributed by atoms with Gasteiger partial charge in [0.25, 0.3) is 0 Å². The maximum atomic E-state index is 13.2. The van der Waals surface area contributed by atoms with Gasteiger partial charge in [-0.2, -0.15) is 0 Å². The number of carbonyl (C=O) groups excluding carboxylic acids is 6. The number of nitrogens with two attached hydrogens (primary N) is 1. The van der Waals surface area contributed by atoms with Crippen LogP contribution >= 0.6 is 0 Å². The second kappa shape index (κ2) is 23.6. The minimum absolute atomic E-state index is 0.0294. The van der Waals surface area contributed by atoms with Crippen molar-refractivity contribution in [2.75, 3.05) is 58.9 Å². The van der Waals surface area contributed by atoms with Crippen LogP contribution in [-0.4, -0.2) is 126 Å². The van der Waals surface area contributed by atoms with Crippen LogP contribution < -0.4 is 27.0 Å². The summed E-state index contributed by atoms with van der Waals surface area (Å²) >= 11 is 0. The molecule has 0 aromatic carbocycles. The number of ketones is 1. The van der Waals surface area contributed by atoms with Crippen molar-refractivity contribution >= 4 is 41.3 Å². The zero-order valence-corrected chi connectivity index (χ0v) is 30.6. The zero-order valence-electron chi connectivity index (χ0n) is 30.6. The number of nitrogens with zero attached hydrogens (tertiary/aromatic N) is 3. The molecule has 0 saturated heterocycles. The number of hydrogen-bond donors (Lipinski definition) is 6. The molecule has 0 aliphatic rings. The molecule has 0 aromatic heterocycles. The van der Waals surface area contributed by atoms with E-state index in [1.807, 2.05) is 20.8 Å². The van der Waals surface area contributed by atoms with Crippen molar-refractivity contribution < 1.29 is 28.8 Å². The van der Waals surface area contributed by atoms with E-state index in [-0.39, 0.29) is 105 Å². The van der Waals surface area contributed by atoms with Crippen LogP contribution in [0.4, 0.5) is 0 Å². The van der Waals surface area contributed by atoms with E-state index in [0.717, 1.165) is 0 Å². The molecule has 7 N–H and O–H groups in total. The highest BCUT2D eigenvalue weighted by Crippen LogP contribution is 2.07. The third-order valence-corrected chi connectivity index (χ3v) is 7.47. The fourth-order valence-electron chi connectivity index (χ4n) is 4.67. The van der Waals surface area contributed by atoms with Crippen molar-refractivity contribution in [2.24, 2.45) is 11.7 Å². The van der Waals surface area contributed by atoms with Gasteiger partial charge in [-0.1, -0.05) is 34.6 Å². The van der Waals surface area contributed by atoms with Crippen molar-refractivity contribution in [3.05, 3.63) is 0 Å². The van der Waals surface area contributed by atoms with Gasteiger partial charge in [-0.25, -0.2) is 0 Å². The molecule has 0 bridgehead atoms. The maximum Gasteiger partial charge on any atom is 0.239 e. The van der Waals surface area contributed by atoms with Crippen molar-refractivity contribution in [2.45, 2.75) is 105 Å². The van der Waals surface area contributed by atoms with E-state index in [1.165, 1.54) is 14.7 Å². The van der Waals surface area contributed by atoms with Crippen molar-refractivity contribution in [1.82, 2.24) is 36.0 Å². The molecule has 5 amide bonds. The zero-order chi connectivity index (χ0) is 36.9. The summed E-state index contributed by atoms with van der Waals surface area (Å²) < 4.78 is 0. The van der Waals surface area contributed by atoms with Crippen LogP contribution in [0.1, 0.15) is 93.9 Å². The van der Waals surface area contributed by atoms with E-state index >= 15 is 0 Å². The summed E-state index contributed by atoms with van der Waals surface area (Å²) in [5.41, 5.74) is 5.22. The van der Waals surface area contributed by atoms with Crippen LogP contribution in [0.5, 0.6) is 0 Å². The van der Waals surface area contributed by atoms with Gasteiger partial charge in [0.15, 0.2) is 11.7 Å². The highest BCUT2D eigenvalue weighted by Gasteiger charge is 2.24. The van der Waals surface area contributed by atoms with Crippen LogP contribution in [0.25, 0.3) is 0 Å². The molecule has 0 spiro atoms. The first-order valence-electron chi connectivity index (χ1n) is 17.2. The van der Waals surface area contributed by atoms with Crippen LogP contribution in [0.2, 0.25) is 0 Å². The minimum Gasteiger partial charge on any atom is -0.370 e. The predicted octanol–water partition coefficient (Wildman–Crippen LogP) is 0.570. The maximum absolute atomic E-state index is 13.2. The van der Waals surface area contributed by atoms with Crippen LogP contribution in [0.15, 0.2) is 0 Å². The van der Waals surface area contributed by atoms with E-state index in [1.54, 1.807) is 34.6 Å². The highest BCUT2D eigenvalue weighted by atomic mass is 16.2. The van der Waals surface area contributed by atoms with Crippen molar-refractivity contribution in [1.29, 1.82) is 5.41 Å². The molecule has 0 aliphatic heterocycles. The molecule has 0 fully saturated rings. The van der Waals surface area contributed by atoms with Gasteiger partial charge in [-0.15, -0.1) is 0 Å². The smallest absolute Gasteiger partial charge is 0.239 e. The Morgan fingerprint density at radius 3 is 1.75 bits per heavy atom. The summed E-state index contributed by atoms with van der Waals surface area (Å²) in [6.07, 6.45) is 2.39. The topological polar surface area (TPSA) is 210 Å². The number of rotatable bonds is 24. The van der Waals surface area contributed by atoms with Crippen LogP contribution in [0.3, 0.4) is 0 Å². The van der Waals surface area contributed by atoms with E-state index in [9.17, 15) is 28.8 Å². The Morgan fingerprint density at radius 2 is 1.23 bits per heavy atom. The molecule has 0 rings (SSSR count). The minimum atomic E-state index is -0.510. The Bertz CT molecular complexity index is 1060. The predicted molar refractivity (Wildman–Crippen MR) is 187 cm³/mol. The molecule has 48 heavy (non-hydrogen) atoms. The third kappa shape index (κ3) is 20.5. The first-order valence-corrected chi connectivity index (χ1v) is 17.2. The van der Waals surface area contributed by atoms with E-state index in [2.05, 4.69) is 21.3 Å². The SMILES string of the molecule is CCC(=O)N(CCNC(C)(C)C)CC(=O)N[C@@H](CCCCNC(=N)N)CN(CC(=O)NCCN(CC(=O)C(C)C)C(=O)CC)C(=O)CC. The largest absolute Gasteiger partial charge is 0.370 e. The molecule has 0 aliphatic carbocycles. The van der Waals surface area contributed by atoms with Gasteiger partial charge in [0.2, 0.25) is 29.5 Å². The molecule has 1 atom stereocenters. The number of unbranched alkanes of at least 4 members (excludes halogenated alkanes) is 1. The third-order valence-electron chi connectivity index (χ3n) is 7.47. The normalized spacial score (nSPS) is 11.8. The summed E-state index contributed by atoms with van der Waals surface area (Å²) in [5, 5.41) is 19.1. The van der Waals surface area contributed by atoms with Gasteiger partial charge in [-0.3, -0.25) is 34.2 Å². The van der Waals surface area contributed by atoms with E-state index in [4.69, 9.17) is 11.1 Å². The lowest BCUT2D eigenvalue weighted by atomic mass is 10.1. The quantitative estimate of drug-likeness (QED) is 0.0477. The monoisotopic (exact) mass is 681 g/mol. The number of Topliss-reactive ketones (excluding diaryl/α,β-unsaturated/α-hetero) is 1. The van der Waals surface area contributed by atoms with E-state index < -0.39 is 11.9 Å². The number of nitrogens with one attached hydrogen (secondary N) is 5. The molecule has 0 heterocycles. The van der Waals surface area contributed by atoms with Gasteiger partial charge in [0.05, 0.1) is 19.6 Å². The standard InChI is InChI=1S/C33H63N9O6/c1-9-29(46)40(21-26(43)24(4)5)18-16-36-27(44)22-42(31(48)11-3)20-25(14-12-13-15-37-32(34)35)39-28(45)23-41(30(47)10-2)19-17-38-33(6,7)8/h24-25,38H,9-23H2,1-8H3,(H,36,44)(H,39,45)(H4,34,35,37)/t25-/m0/s1. The molecule has 0 aromatic rings. The first-order chi connectivity index (χ1) is 22.4. The fourth-order valence-corrected chi connectivity index (χ4v) is 4.67. The number of guanidine groups is 1. The Labute approximate surface area is 287 Å². The van der Waals surface area contributed by atoms with Gasteiger partial charge in [-0.05, 0) is 40.0 Å². The van der Waals surface area contributed by atoms with Crippen molar-refractivity contribution in [3.63, 3.8) is 0 Å². The van der Waals surface area contributed by atoms with Gasteiger partial charge in [0.1, 0.15) is 0 Å². The van der Waals surface area contributed by atoms with Crippen LogP contribution in [-0.2, 0) is 28.8 Å². The molecule has 15 heteroatoms. The van der Waals surface area contributed by atoms with Gasteiger partial charge >= 0.3 is 0 Å². The Hall–Kier alpha value is -3.75. The second-order valence-corrected chi connectivity index (χ2v) is 13.2. The summed E-state index contributed by atoms with van der Waals surface area (Å²) in [5.74, 6) is -1.86. The molecular weight excluding hydrogens is 618 g/mol. The second-order valence-electron chi connectivity index (χ2n) is 13.2. The first kappa shape index (κ1) is 44.2. The molecule has 0 radical (unpaired) electrons. The Balaban J connectivity index is 5.62. The van der Waals surface area contributed by atoms with Crippen LogP contribution in [0, 0.1) is 11.3 Å². The van der Waals surface area contributed by atoms with Crippen molar-refractivity contribution in [3.8, 4) is 0 Å². The lowest BCUT2D eigenvalue weighted by Crippen LogP contribution is -2.52. The Kier molecular flexibility index (Phi) is 21.7. The summed E-state index contributed by atoms with van der Waals surface area (Å²) in [6.45, 7) is 16.0. The molecule has 276 valence electrons. The van der Waals surface area contributed by atoms with Gasteiger partial charge in [0, 0.05) is 76.0 Å².